The quantitative estimate of drug-likeness (QED) is 0.700. The van der Waals surface area contributed by atoms with Gasteiger partial charge >= 0.3 is 5.97 Å². The summed E-state index contributed by atoms with van der Waals surface area (Å²) in [6.07, 6.45) is 5.65. The van der Waals surface area contributed by atoms with Crippen LogP contribution in [0.4, 0.5) is 5.82 Å². The number of anilines is 1. The molecule has 2 heterocycles. The van der Waals surface area contributed by atoms with Crippen LogP contribution in [0, 0.1) is 12.8 Å². The Hall–Kier alpha value is -1.57. The van der Waals surface area contributed by atoms with Gasteiger partial charge in [0.15, 0.2) is 9.84 Å². The first-order valence-corrected chi connectivity index (χ1v) is 11.2. The average molecular weight is 381 g/mol. The molecule has 2 atom stereocenters. The first-order valence-electron chi connectivity index (χ1n) is 9.51. The van der Waals surface area contributed by atoms with Crippen LogP contribution < -0.4 is 4.90 Å². The second kappa shape index (κ2) is 6.55. The van der Waals surface area contributed by atoms with E-state index in [4.69, 9.17) is 4.74 Å². The summed E-state index contributed by atoms with van der Waals surface area (Å²) in [5.41, 5.74) is 0.889. The van der Waals surface area contributed by atoms with Crippen LogP contribution in [0.25, 0.3) is 0 Å². The van der Waals surface area contributed by atoms with E-state index in [2.05, 4.69) is 5.10 Å². The third-order valence-corrected chi connectivity index (χ3v) is 8.26. The van der Waals surface area contributed by atoms with Gasteiger partial charge in [-0.3, -0.25) is 0 Å². The van der Waals surface area contributed by atoms with Crippen molar-refractivity contribution in [3.63, 3.8) is 0 Å². The largest absolute Gasteiger partial charge is 0.467 e. The summed E-state index contributed by atoms with van der Waals surface area (Å²) in [7, 11) is -1.85. The normalized spacial score (nSPS) is 26.8. The minimum absolute atomic E-state index is 0.250. The van der Waals surface area contributed by atoms with Crippen molar-refractivity contribution in [2.75, 3.05) is 24.3 Å². The molecule has 0 bridgehead atoms. The first kappa shape index (κ1) is 17.8. The van der Waals surface area contributed by atoms with E-state index in [1.807, 2.05) is 22.6 Å². The van der Waals surface area contributed by atoms with Gasteiger partial charge in [-0.2, -0.15) is 5.10 Å². The third-order valence-electron chi connectivity index (χ3n) is 5.96. The predicted molar refractivity (Wildman–Crippen MR) is 97.9 cm³/mol. The smallest absolute Gasteiger partial charge is 0.328 e. The fourth-order valence-corrected chi connectivity index (χ4v) is 6.16. The number of hydrogen-bond acceptors (Lipinski definition) is 6. The summed E-state index contributed by atoms with van der Waals surface area (Å²) >= 11 is 0. The Morgan fingerprint density at radius 2 is 2.04 bits per heavy atom. The number of aryl methyl sites for hydroxylation is 1. The van der Waals surface area contributed by atoms with Crippen LogP contribution in [0.2, 0.25) is 0 Å². The number of carbonyl (C=O) groups excluding carboxylic acids is 1. The van der Waals surface area contributed by atoms with Gasteiger partial charge in [-0.05, 0) is 51.4 Å². The topological polar surface area (TPSA) is 81.5 Å². The lowest BCUT2D eigenvalue weighted by molar-refractivity contribution is -0.141. The lowest BCUT2D eigenvalue weighted by Crippen LogP contribution is -2.39. The molecule has 3 aliphatic rings. The molecule has 1 unspecified atom stereocenters. The number of hydrogen-bond donors (Lipinski definition) is 0. The number of rotatable bonds is 6. The average Bonchev–Trinajstić information content (AvgIpc) is 3.08. The molecule has 7 nitrogen and oxygen atoms in total. The van der Waals surface area contributed by atoms with E-state index in [9.17, 15) is 13.2 Å². The Kier molecular flexibility index (Phi) is 4.49. The zero-order valence-electron chi connectivity index (χ0n) is 15.4. The summed E-state index contributed by atoms with van der Waals surface area (Å²) < 4.78 is 32.6. The molecule has 0 amide bonds. The highest BCUT2D eigenvalue weighted by molar-refractivity contribution is 7.92. The molecule has 4 rings (SSSR count). The van der Waals surface area contributed by atoms with Crippen LogP contribution in [0.3, 0.4) is 0 Å². The van der Waals surface area contributed by atoms with Crippen molar-refractivity contribution in [3.8, 4) is 0 Å². The standard InChI is InChI=1S/C18H27N3O4S/c1-12-8-17(21(19-12)14-4-3-5-14)20-10-15(9-16(20)18(22)25-2)26(23,24)11-13-6-7-13/h8,13-16H,3-7,9-11H2,1-2H3/t15-,16?/m1/s1. The summed E-state index contributed by atoms with van der Waals surface area (Å²) in [5.74, 6) is 1.05. The lowest BCUT2D eigenvalue weighted by Gasteiger charge is -2.32. The van der Waals surface area contributed by atoms with E-state index < -0.39 is 21.1 Å². The van der Waals surface area contributed by atoms with E-state index >= 15 is 0 Å². The molecule has 144 valence electrons. The molecule has 0 N–H and O–H groups in total. The highest BCUT2D eigenvalue weighted by atomic mass is 32.2. The molecular formula is C18H27N3O4S. The van der Waals surface area contributed by atoms with Crippen LogP contribution in [0.5, 0.6) is 0 Å². The van der Waals surface area contributed by atoms with Crippen molar-refractivity contribution in [1.29, 1.82) is 0 Å². The van der Waals surface area contributed by atoms with Gasteiger partial charge in [-0.25, -0.2) is 17.9 Å². The maximum absolute atomic E-state index is 12.8. The summed E-state index contributed by atoms with van der Waals surface area (Å²) in [6.45, 7) is 2.27. The molecule has 1 saturated heterocycles. The second-order valence-corrected chi connectivity index (χ2v) is 10.3. The number of methoxy groups -OCH3 is 1. The van der Waals surface area contributed by atoms with Gasteiger partial charge in [-0.15, -0.1) is 0 Å². The summed E-state index contributed by atoms with van der Waals surface area (Å²) in [6, 6.07) is 1.75. The Balaban J connectivity index is 1.63. The minimum atomic E-state index is -3.21. The molecule has 1 aliphatic heterocycles. The van der Waals surface area contributed by atoms with E-state index in [-0.39, 0.29) is 11.7 Å². The minimum Gasteiger partial charge on any atom is -0.467 e. The van der Waals surface area contributed by atoms with E-state index in [1.54, 1.807) is 0 Å². The van der Waals surface area contributed by atoms with Crippen LogP contribution in [0.15, 0.2) is 6.07 Å². The van der Waals surface area contributed by atoms with Crippen LogP contribution >= 0.6 is 0 Å². The van der Waals surface area contributed by atoms with Crippen molar-refractivity contribution >= 4 is 21.6 Å². The number of sulfone groups is 1. The fraction of sp³-hybridized carbons (Fsp3) is 0.778. The zero-order chi connectivity index (χ0) is 18.5. The molecule has 1 aromatic heterocycles. The second-order valence-electron chi connectivity index (χ2n) is 8.00. The Labute approximate surface area is 154 Å². The number of nitrogens with zero attached hydrogens (tertiary/aromatic N) is 3. The molecule has 0 spiro atoms. The molecule has 1 aromatic rings. The Bertz CT molecular complexity index is 795. The first-order chi connectivity index (χ1) is 12.4. The van der Waals surface area contributed by atoms with Crippen molar-refractivity contribution in [2.24, 2.45) is 5.92 Å². The van der Waals surface area contributed by atoms with Gasteiger partial charge in [0, 0.05) is 12.6 Å². The van der Waals surface area contributed by atoms with Gasteiger partial charge in [0.2, 0.25) is 0 Å². The van der Waals surface area contributed by atoms with Gasteiger partial charge in [0.1, 0.15) is 11.9 Å². The van der Waals surface area contributed by atoms with Crippen molar-refractivity contribution in [3.05, 3.63) is 11.8 Å². The highest BCUT2D eigenvalue weighted by Crippen LogP contribution is 2.39. The number of aromatic nitrogens is 2. The van der Waals surface area contributed by atoms with Crippen molar-refractivity contribution < 1.29 is 17.9 Å². The van der Waals surface area contributed by atoms with E-state index in [0.717, 1.165) is 37.2 Å². The molecular weight excluding hydrogens is 354 g/mol. The number of carbonyl (C=O) groups is 1. The molecule has 2 saturated carbocycles. The predicted octanol–water partition coefficient (Wildman–Crippen LogP) is 1.86. The third kappa shape index (κ3) is 3.23. The highest BCUT2D eigenvalue weighted by Gasteiger charge is 2.46. The van der Waals surface area contributed by atoms with E-state index in [1.165, 1.54) is 13.5 Å². The monoisotopic (exact) mass is 381 g/mol. The maximum atomic E-state index is 12.8. The summed E-state index contributed by atoms with van der Waals surface area (Å²) in [5, 5.41) is 4.10. The van der Waals surface area contributed by atoms with Gasteiger partial charge in [-0.1, -0.05) is 0 Å². The number of esters is 1. The number of ether oxygens (including phenoxy) is 1. The van der Waals surface area contributed by atoms with Gasteiger partial charge in [0.25, 0.3) is 0 Å². The molecule has 0 radical (unpaired) electrons. The van der Waals surface area contributed by atoms with Crippen molar-refractivity contribution in [1.82, 2.24) is 9.78 Å². The molecule has 26 heavy (non-hydrogen) atoms. The maximum Gasteiger partial charge on any atom is 0.328 e. The molecule has 0 aromatic carbocycles. The van der Waals surface area contributed by atoms with Gasteiger partial charge < -0.3 is 9.64 Å². The van der Waals surface area contributed by atoms with Crippen LogP contribution in [-0.4, -0.2) is 54.9 Å². The SMILES string of the molecule is COC(=O)C1C[C@@H](S(=O)(=O)CC2CC2)CN1c1cc(C)nn1C1CCC1. The van der Waals surface area contributed by atoms with Crippen molar-refractivity contribution in [2.45, 2.75) is 62.8 Å². The van der Waals surface area contributed by atoms with Crippen LogP contribution in [-0.2, 0) is 19.4 Å². The van der Waals surface area contributed by atoms with E-state index in [0.29, 0.717) is 24.9 Å². The molecule has 8 heteroatoms. The molecule has 2 aliphatic carbocycles. The summed E-state index contributed by atoms with van der Waals surface area (Å²) in [4.78, 5) is 14.3. The lowest BCUT2D eigenvalue weighted by atomic mass is 9.93. The van der Waals surface area contributed by atoms with Crippen LogP contribution in [0.1, 0.15) is 50.3 Å². The Morgan fingerprint density at radius 3 is 2.62 bits per heavy atom. The van der Waals surface area contributed by atoms with Gasteiger partial charge in [0.05, 0.1) is 29.8 Å². The zero-order valence-corrected chi connectivity index (χ0v) is 16.2. The fourth-order valence-electron chi connectivity index (χ4n) is 4.04. The Morgan fingerprint density at radius 1 is 1.31 bits per heavy atom. The molecule has 3 fully saturated rings.